The van der Waals surface area contributed by atoms with Crippen LogP contribution >= 0.6 is 11.3 Å². The number of thiazole rings is 1. The summed E-state index contributed by atoms with van der Waals surface area (Å²) >= 11 is 1.60. The van der Waals surface area contributed by atoms with Crippen LogP contribution in [0.3, 0.4) is 0 Å². The van der Waals surface area contributed by atoms with Gasteiger partial charge in [0.1, 0.15) is 0 Å². The highest BCUT2D eigenvalue weighted by molar-refractivity contribution is 7.07. The van der Waals surface area contributed by atoms with Crippen molar-refractivity contribution in [3.8, 4) is 0 Å². The fourth-order valence-electron chi connectivity index (χ4n) is 1.91. The van der Waals surface area contributed by atoms with Gasteiger partial charge >= 0.3 is 0 Å². The van der Waals surface area contributed by atoms with Gasteiger partial charge in [0, 0.05) is 30.6 Å². The van der Waals surface area contributed by atoms with Gasteiger partial charge in [-0.2, -0.15) is 0 Å². The molecule has 4 nitrogen and oxygen atoms in total. The molecule has 0 aliphatic heterocycles. The third-order valence-electron chi connectivity index (χ3n) is 3.15. The molecule has 0 saturated heterocycles. The number of carbonyl (C=O) groups excluding carboxylic acids is 1. The van der Waals surface area contributed by atoms with Crippen LogP contribution in [0.25, 0.3) is 0 Å². The summed E-state index contributed by atoms with van der Waals surface area (Å²) in [6, 6.07) is 7.73. The Hall–Kier alpha value is -1.72. The van der Waals surface area contributed by atoms with Crippen LogP contribution in [0, 0.1) is 0 Å². The second kappa shape index (κ2) is 8.54. The van der Waals surface area contributed by atoms with Gasteiger partial charge in [-0.1, -0.05) is 25.5 Å². The standard InChI is InChI=1S/C16H21N3OS/c1-2-3-8-18-16(20)14-6-4-13(5-7-14)9-17-10-15-11-21-12-19-15/h4-7,11-12,17H,2-3,8-10H2,1H3,(H,18,20). The van der Waals surface area contributed by atoms with Gasteiger partial charge in [0.05, 0.1) is 11.2 Å². The van der Waals surface area contributed by atoms with Crippen LogP contribution < -0.4 is 10.6 Å². The third-order valence-corrected chi connectivity index (χ3v) is 3.79. The molecule has 21 heavy (non-hydrogen) atoms. The number of nitrogens with zero attached hydrogens (tertiary/aromatic N) is 1. The molecule has 1 aromatic carbocycles. The summed E-state index contributed by atoms with van der Waals surface area (Å²) in [5, 5.41) is 8.30. The Morgan fingerprint density at radius 2 is 2.05 bits per heavy atom. The topological polar surface area (TPSA) is 54.0 Å². The van der Waals surface area contributed by atoms with Gasteiger partial charge in [-0.25, -0.2) is 4.98 Å². The van der Waals surface area contributed by atoms with Crippen LogP contribution in [0.15, 0.2) is 35.2 Å². The van der Waals surface area contributed by atoms with E-state index in [4.69, 9.17) is 0 Å². The van der Waals surface area contributed by atoms with E-state index in [1.54, 1.807) is 11.3 Å². The highest BCUT2D eigenvalue weighted by Gasteiger charge is 2.04. The Balaban J connectivity index is 1.77. The molecule has 0 saturated carbocycles. The monoisotopic (exact) mass is 303 g/mol. The minimum Gasteiger partial charge on any atom is -0.352 e. The van der Waals surface area contributed by atoms with E-state index in [-0.39, 0.29) is 5.91 Å². The van der Waals surface area contributed by atoms with Crippen molar-refractivity contribution in [3.63, 3.8) is 0 Å². The largest absolute Gasteiger partial charge is 0.352 e. The van der Waals surface area contributed by atoms with Gasteiger partial charge in [-0.15, -0.1) is 11.3 Å². The number of carbonyl (C=O) groups is 1. The predicted octanol–water partition coefficient (Wildman–Crippen LogP) is 2.96. The molecule has 2 N–H and O–H groups in total. The quantitative estimate of drug-likeness (QED) is 0.737. The van der Waals surface area contributed by atoms with Crippen molar-refractivity contribution in [2.45, 2.75) is 32.9 Å². The number of rotatable bonds is 8. The van der Waals surface area contributed by atoms with Gasteiger partial charge in [-0.05, 0) is 24.1 Å². The molecule has 1 heterocycles. The minimum atomic E-state index is 0.00503. The zero-order valence-corrected chi connectivity index (χ0v) is 13.1. The number of aromatic nitrogens is 1. The van der Waals surface area contributed by atoms with Gasteiger partial charge in [0.15, 0.2) is 0 Å². The maximum Gasteiger partial charge on any atom is 0.251 e. The lowest BCUT2D eigenvalue weighted by Crippen LogP contribution is -2.24. The average molecular weight is 303 g/mol. The molecule has 0 atom stereocenters. The number of amides is 1. The van der Waals surface area contributed by atoms with Gasteiger partial charge in [-0.3, -0.25) is 4.79 Å². The highest BCUT2D eigenvalue weighted by Crippen LogP contribution is 2.05. The van der Waals surface area contributed by atoms with Crippen molar-refractivity contribution in [2.75, 3.05) is 6.54 Å². The lowest BCUT2D eigenvalue weighted by molar-refractivity contribution is 0.0953. The Kier molecular flexibility index (Phi) is 6.37. The molecule has 1 amide bonds. The number of benzene rings is 1. The predicted molar refractivity (Wildman–Crippen MR) is 86.3 cm³/mol. The summed E-state index contributed by atoms with van der Waals surface area (Å²) in [4.78, 5) is 16.1. The molecule has 1 aromatic heterocycles. The van der Waals surface area contributed by atoms with Crippen LogP contribution in [-0.4, -0.2) is 17.4 Å². The van der Waals surface area contributed by atoms with E-state index in [9.17, 15) is 4.79 Å². The zero-order chi connectivity index (χ0) is 14.9. The number of unbranched alkanes of at least 4 members (excludes halogenated alkanes) is 1. The first-order chi connectivity index (χ1) is 10.3. The minimum absolute atomic E-state index is 0.00503. The van der Waals surface area contributed by atoms with Crippen LogP contribution in [0.4, 0.5) is 0 Å². The van der Waals surface area contributed by atoms with Crippen LogP contribution in [0.5, 0.6) is 0 Å². The van der Waals surface area contributed by atoms with Gasteiger partial charge in [0.2, 0.25) is 0 Å². The maximum atomic E-state index is 11.9. The molecule has 112 valence electrons. The van der Waals surface area contributed by atoms with Gasteiger partial charge in [0.25, 0.3) is 5.91 Å². The van der Waals surface area contributed by atoms with E-state index in [2.05, 4.69) is 22.5 Å². The van der Waals surface area contributed by atoms with E-state index in [0.29, 0.717) is 5.56 Å². The van der Waals surface area contributed by atoms with Crippen molar-refractivity contribution < 1.29 is 4.79 Å². The Morgan fingerprint density at radius 3 is 2.71 bits per heavy atom. The molecule has 0 fully saturated rings. The lowest BCUT2D eigenvalue weighted by atomic mass is 10.1. The average Bonchev–Trinajstić information content (AvgIpc) is 3.01. The summed E-state index contributed by atoms with van der Waals surface area (Å²) < 4.78 is 0. The maximum absolute atomic E-state index is 11.9. The Morgan fingerprint density at radius 1 is 1.24 bits per heavy atom. The smallest absolute Gasteiger partial charge is 0.251 e. The zero-order valence-electron chi connectivity index (χ0n) is 12.3. The number of hydrogen-bond acceptors (Lipinski definition) is 4. The summed E-state index contributed by atoms with van der Waals surface area (Å²) in [6.45, 7) is 4.39. The Labute approximate surface area is 129 Å². The van der Waals surface area contributed by atoms with Crippen molar-refractivity contribution >= 4 is 17.2 Å². The molecule has 0 spiro atoms. The molecule has 5 heteroatoms. The number of hydrogen-bond donors (Lipinski definition) is 2. The van der Waals surface area contributed by atoms with Crippen LogP contribution in [0.2, 0.25) is 0 Å². The summed E-state index contributed by atoms with van der Waals surface area (Å²) in [5.74, 6) is 0.00503. The lowest BCUT2D eigenvalue weighted by Gasteiger charge is -2.06. The van der Waals surface area contributed by atoms with E-state index >= 15 is 0 Å². The molecule has 0 radical (unpaired) electrons. The molecule has 2 aromatic rings. The first-order valence-corrected chi connectivity index (χ1v) is 8.19. The van der Waals surface area contributed by atoms with Crippen LogP contribution in [0.1, 0.15) is 41.4 Å². The highest BCUT2D eigenvalue weighted by atomic mass is 32.1. The van der Waals surface area contributed by atoms with E-state index < -0.39 is 0 Å². The van der Waals surface area contributed by atoms with Crippen molar-refractivity contribution in [1.29, 1.82) is 0 Å². The summed E-state index contributed by atoms with van der Waals surface area (Å²) in [7, 11) is 0. The van der Waals surface area contributed by atoms with Gasteiger partial charge < -0.3 is 10.6 Å². The van der Waals surface area contributed by atoms with Crippen molar-refractivity contribution in [2.24, 2.45) is 0 Å². The fourth-order valence-corrected chi connectivity index (χ4v) is 2.47. The molecule has 0 unspecified atom stereocenters. The van der Waals surface area contributed by atoms with Crippen LogP contribution in [-0.2, 0) is 13.1 Å². The first-order valence-electron chi connectivity index (χ1n) is 7.24. The van der Waals surface area contributed by atoms with Crippen molar-refractivity contribution in [1.82, 2.24) is 15.6 Å². The molecular formula is C16H21N3OS. The SMILES string of the molecule is CCCCNC(=O)c1ccc(CNCc2cscn2)cc1. The second-order valence-electron chi connectivity index (χ2n) is 4.89. The van der Waals surface area contributed by atoms with E-state index in [1.807, 2.05) is 35.2 Å². The molecule has 2 rings (SSSR count). The molecule has 0 aliphatic rings. The normalized spacial score (nSPS) is 10.5. The summed E-state index contributed by atoms with van der Waals surface area (Å²) in [6.07, 6.45) is 2.11. The second-order valence-corrected chi connectivity index (χ2v) is 5.61. The molecular weight excluding hydrogens is 282 g/mol. The van der Waals surface area contributed by atoms with Crippen molar-refractivity contribution in [3.05, 3.63) is 52.0 Å². The molecule has 0 bridgehead atoms. The van der Waals surface area contributed by atoms with E-state index in [1.165, 1.54) is 0 Å². The molecule has 0 aliphatic carbocycles. The van der Waals surface area contributed by atoms with E-state index in [0.717, 1.165) is 43.7 Å². The third kappa shape index (κ3) is 5.28. The first kappa shape index (κ1) is 15.7. The number of nitrogens with one attached hydrogen (secondary N) is 2. The summed E-state index contributed by atoms with van der Waals surface area (Å²) in [5.41, 5.74) is 4.78. The fraction of sp³-hybridized carbons (Fsp3) is 0.375. The Bertz CT molecular complexity index is 537.